The first kappa shape index (κ1) is 16.1. The smallest absolute Gasteiger partial charge is 0.252 e. The summed E-state index contributed by atoms with van der Waals surface area (Å²) in [4.78, 5) is 19.2. The van der Waals surface area contributed by atoms with Crippen molar-refractivity contribution in [2.45, 2.75) is 18.5 Å². The lowest BCUT2D eigenvalue weighted by Gasteiger charge is -2.19. The summed E-state index contributed by atoms with van der Waals surface area (Å²) < 4.78 is 2.22. The number of aromatic nitrogens is 5. The summed E-state index contributed by atoms with van der Waals surface area (Å²) in [6.07, 6.45) is 8.28. The van der Waals surface area contributed by atoms with E-state index in [4.69, 9.17) is 11.4 Å². The highest BCUT2D eigenvalue weighted by molar-refractivity contribution is 5.98. The molecule has 2 bridgehead atoms. The Hall–Kier alpha value is -3.92. The van der Waals surface area contributed by atoms with Gasteiger partial charge in [0.15, 0.2) is 0 Å². The highest BCUT2D eigenvalue weighted by Gasteiger charge is 2.41. The first-order chi connectivity index (χ1) is 14.1. The number of terminal acetylenes is 1. The lowest BCUT2D eigenvalue weighted by atomic mass is 9.93. The van der Waals surface area contributed by atoms with Crippen molar-refractivity contribution in [3.63, 3.8) is 0 Å². The van der Waals surface area contributed by atoms with Crippen LogP contribution in [0.5, 0.6) is 0 Å². The Labute approximate surface area is 166 Å². The molecule has 0 fully saturated rings. The number of carbonyl (C=O) groups is 1. The van der Waals surface area contributed by atoms with E-state index in [9.17, 15) is 4.79 Å². The number of nitrogens with one attached hydrogen (secondary N) is 1. The van der Waals surface area contributed by atoms with Crippen molar-refractivity contribution in [1.82, 2.24) is 29.9 Å². The fourth-order valence-electron chi connectivity index (χ4n) is 4.61. The number of amides is 1. The van der Waals surface area contributed by atoms with Gasteiger partial charge >= 0.3 is 0 Å². The van der Waals surface area contributed by atoms with E-state index in [1.807, 2.05) is 30.3 Å². The largest absolute Gasteiger partial charge is 0.342 e. The Kier molecular flexibility index (Phi) is 3.08. The van der Waals surface area contributed by atoms with Gasteiger partial charge in [-0.3, -0.25) is 4.79 Å². The summed E-state index contributed by atoms with van der Waals surface area (Å²) in [5.74, 6) is 3.54. The predicted molar refractivity (Wildman–Crippen MR) is 107 cm³/mol. The van der Waals surface area contributed by atoms with Gasteiger partial charge in [0.1, 0.15) is 11.5 Å². The fourth-order valence-corrected chi connectivity index (χ4v) is 4.61. The topological polar surface area (TPSA) is 77.6 Å². The van der Waals surface area contributed by atoms with Gasteiger partial charge in [-0.05, 0) is 30.7 Å². The summed E-state index contributed by atoms with van der Waals surface area (Å²) in [6, 6.07) is 11.5. The molecule has 2 aliphatic rings. The van der Waals surface area contributed by atoms with Crippen molar-refractivity contribution in [2.24, 2.45) is 7.05 Å². The second-order valence-corrected chi connectivity index (χ2v) is 7.45. The summed E-state index contributed by atoms with van der Waals surface area (Å²) in [5.41, 5.74) is 5.97. The third-order valence-electron chi connectivity index (χ3n) is 5.84. The van der Waals surface area contributed by atoms with Crippen LogP contribution in [0.15, 0.2) is 42.6 Å². The van der Waals surface area contributed by atoms with Gasteiger partial charge in [-0.25, -0.2) is 4.98 Å². The van der Waals surface area contributed by atoms with Crippen LogP contribution < -0.4 is 5.32 Å². The van der Waals surface area contributed by atoms with Crippen LogP contribution in [-0.4, -0.2) is 30.5 Å². The van der Waals surface area contributed by atoms with Gasteiger partial charge in [0.25, 0.3) is 5.91 Å². The maximum absolute atomic E-state index is 12.8. The number of aryl methyl sites for hydroxylation is 1. The molecule has 29 heavy (non-hydrogen) atoms. The Morgan fingerprint density at radius 3 is 2.97 bits per heavy atom. The number of fused-ring (bicyclic) bond motifs is 9. The highest BCUT2D eigenvalue weighted by atomic mass is 16.1. The van der Waals surface area contributed by atoms with Gasteiger partial charge in [0, 0.05) is 29.3 Å². The molecular formula is C22H16N6O. The fraction of sp³-hybridized carbons (Fsp3) is 0.182. The lowest BCUT2D eigenvalue weighted by Crippen LogP contribution is -2.28. The number of benzene rings is 2. The van der Waals surface area contributed by atoms with Crippen LogP contribution in [0, 0.1) is 12.3 Å². The molecule has 140 valence electrons. The molecule has 0 aliphatic carbocycles. The third kappa shape index (κ3) is 2.14. The lowest BCUT2D eigenvalue weighted by molar-refractivity contribution is 0.0938. The second kappa shape index (κ2) is 5.55. The van der Waals surface area contributed by atoms with Crippen LogP contribution in [-0.2, 0) is 7.05 Å². The molecule has 2 atom stereocenters. The minimum absolute atomic E-state index is 0.0432. The van der Waals surface area contributed by atoms with E-state index in [1.54, 1.807) is 18.0 Å². The van der Waals surface area contributed by atoms with Crippen molar-refractivity contribution < 1.29 is 4.79 Å². The van der Waals surface area contributed by atoms with Crippen LogP contribution in [0.25, 0.3) is 22.3 Å². The van der Waals surface area contributed by atoms with Gasteiger partial charge in [-0.15, -0.1) is 6.42 Å². The number of rotatable bonds is 1. The molecular weight excluding hydrogens is 364 g/mol. The zero-order chi connectivity index (χ0) is 19.7. The molecule has 0 unspecified atom stereocenters. The highest BCUT2D eigenvalue weighted by Crippen LogP contribution is 2.45. The predicted octanol–water partition coefficient (Wildman–Crippen LogP) is 2.59. The van der Waals surface area contributed by atoms with Gasteiger partial charge in [-0.1, -0.05) is 18.1 Å². The monoisotopic (exact) mass is 380 g/mol. The molecule has 0 radical (unpaired) electrons. The molecule has 1 N–H and O–H groups in total. The first-order valence-corrected chi connectivity index (χ1v) is 9.43. The summed E-state index contributed by atoms with van der Waals surface area (Å²) in [7, 11) is 1.80. The van der Waals surface area contributed by atoms with Crippen LogP contribution >= 0.6 is 0 Å². The van der Waals surface area contributed by atoms with E-state index in [2.05, 4.69) is 32.1 Å². The maximum atomic E-state index is 12.8. The number of nitrogens with zero attached hydrogens (tertiary/aromatic N) is 5. The van der Waals surface area contributed by atoms with Crippen LogP contribution in [0.2, 0.25) is 0 Å². The SMILES string of the molecule is C#Cc1cccc2c1[C@H]1C[C@@H](NC2=O)c2nc3ccc(-c4cnn(C)n4)cc3n21. The van der Waals surface area contributed by atoms with Crippen molar-refractivity contribution in [3.05, 3.63) is 65.1 Å². The average molecular weight is 380 g/mol. The summed E-state index contributed by atoms with van der Waals surface area (Å²) >= 11 is 0. The Bertz CT molecular complexity index is 1370. The Morgan fingerprint density at radius 2 is 2.17 bits per heavy atom. The van der Waals surface area contributed by atoms with E-state index in [1.165, 1.54) is 0 Å². The first-order valence-electron chi connectivity index (χ1n) is 9.43. The van der Waals surface area contributed by atoms with Gasteiger partial charge in [0.2, 0.25) is 0 Å². The van der Waals surface area contributed by atoms with E-state index in [0.29, 0.717) is 5.56 Å². The Morgan fingerprint density at radius 1 is 1.28 bits per heavy atom. The van der Waals surface area contributed by atoms with Gasteiger partial charge in [0.05, 0.1) is 29.3 Å². The van der Waals surface area contributed by atoms with Gasteiger partial charge < -0.3 is 9.88 Å². The molecule has 6 rings (SSSR count). The van der Waals surface area contributed by atoms with Crippen molar-refractivity contribution >= 4 is 16.9 Å². The van der Waals surface area contributed by atoms with Crippen LogP contribution in [0.4, 0.5) is 0 Å². The zero-order valence-electron chi connectivity index (χ0n) is 15.6. The molecule has 7 heteroatoms. The van der Waals surface area contributed by atoms with E-state index >= 15 is 0 Å². The quantitative estimate of drug-likeness (QED) is 0.515. The minimum Gasteiger partial charge on any atom is -0.342 e. The third-order valence-corrected chi connectivity index (χ3v) is 5.84. The zero-order valence-corrected chi connectivity index (χ0v) is 15.6. The molecule has 0 spiro atoms. The number of carbonyl (C=O) groups excluding carboxylic acids is 1. The number of hydrogen-bond acceptors (Lipinski definition) is 4. The van der Waals surface area contributed by atoms with Crippen LogP contribution in [0.1, 0.15) is 45.8 Å². The number of imidazole rings is 1. The minimum atomic E-state index is -0.141. The second-order valence-electron chi connectivity index (χ2n) is 7.45. The molecule has 1 amide bonds. The van der Waals surface area contributed by atoms with E-state index in [0.717, 1.165) is 45.7 Å². The molecule has 4 aromatic rings. The van der Waals surface area contributed by atoms with Gasteiger partial charge in [-0.2, -0.15) is 15.0 Å². The van der Waals surface area contributed by atoms with E-state index in [-0.39, 0.29) is 18.0 Å². The standard InChI is InChI=1S/C22H16N6O/c1-3-12-5-4-6-14-20(12)19-10-16(25-22(14)29)21-24-15-8-7-13(9-18(15)28(19)21)17-11-23-27(2)26-17/h1,4-9,11,16,19H,10H2,2H3,(H,25,29)/t16-,19-/m1/s1. The molecule has 0 saturated heterocycles. The van der Waals surface area contributed by atoms with Crippen molar-refractivity contribution in [1.29, 1.82) is 0 Å². The normalized spacial score (nSPS) is 19.4. The molecule has 2 aliphatic heterocycles. The van der Waals surface area contributed by atoms with Crippen molar-refractivity contribution in [3.8, 4) is 23.6 Å². The maximum Gasteiger partial charge on any atom is 0.252 e. The molecule has 7 nitrogen and oxygen atoms in total. The molecule has 4 heterocycles. The number of hydrogen-bond donors (Lipinski definition) is 1. The molecule has 2 aromatic heterocycles. The Balaban J connectivity index is 1.62. The van der Waals surface area contributed by atoms with E-state index < -0.39 is 0 Å². The average Bonchev–Trinajstić information content (AvgIpc) is 3.39. The molecule has 0 saturated carbocycles. The molecule has 2 aromatic carbocycles. The van der Waals surface area contributed by atoms with Crippen molar-refractivity contribution in [2.75, 3.05) is 0 Å². The summed E-state index contributed by atoms with van der Waals surface area (Å²) in [6.45, 7) is 0. The summed E-state index contributed by atoms with van der Waals surface area (Å²) in [5, 5.41) is 11.7. The van der Waals surface area contributed by atoms with Crippen LogP contribution in [0.3, 0.4) is 0 Å².